The van der Waals surface area contributed by atoms with Crippen molar-refractivity contribution in [1.82, 2.24) is 9.21 Å². The summed E-state index contributed by atoms with van der Waals surface area (Å²) in [5.41, 5.74) is -0.133. The van der Waals surface area contributed by atoms with Gasteiger partial charge in [-0.3, -0.25) is 9.59 Å². The first kappa shape index (κ1) is 21.8. The Labute approximate surface area is 173 Å². The molecule has 1 aromatic rings. The van der Waals surface area contributed by atoms with Crippen molar-refractivity contribution < 1.29 is 18.0 Å². The fourth-order valence-corrected chi connectivity index (χ4v) is 5.82. The number of hydrogen-bond acceptors (Lipinski definition) is 4. The molecule has 0 saturated carbocycles. The first-order valence-corrected chi connectivity index (χ1v) is 12.1. The zero-order valence-electron chi connectivity index (χ0n) is 17.4. The number of nitrogens with one attached hydrogen (secondary N) is 1. The summed E-state index contributed by atoms with van der Waals surface area (Å²) in [6, 6.07) is 8.78. The zero-order chi connectivity index (χ0) is 21.2. The Bertz CT molecular complexity index is 856. The van der Waals surface area contributed by atoms with Crippen molar-refractivity contribution in [3.05, 3.63) is 30.3 Å². The SMILES string of the molecule is CC(C)CC(=O)N1CC[C@@H]2N(S(C)(=O)=O)CC[C@]2(C(=O)Nc2ccccc2)CC1. The van der Waals surface area contributed by atoms with Gasteiger partial charge < -0.3 is 10.2 Å². The van der Waals surface area contributed by atoms with E-state index < -0.39 is 21.5 Å². The predicted molar refractivity (Wildman–Crippen MR) is 113 cm³/mol. The molecule has 2 heterocycles. The number of carbonyl (C=O) groups excluding carboxylic acids is 2. The lowest BCUT2D eigenvalue weighted by atomic mass is 9.76. The van der Waals surface area contributed by atoms with Crippen LogP contribution in [0.2, 0.25) is 0 Å². The van der Waals surface area contributed by atoms with E-state index in [0.29, 0.717) is 51.0 Å². The third-order valence-corrected chi connectivity index (χ3v) is 7.40. The second-order valence-electron chi connectivity index (χ2n) is 8.63. The van der Waals surface area contributed by atoms with Crippen LogP contribution in [0.15, 0.2) is 30.3 Å². The highest BCUT2D eigenvalue weighted by molar-refractivity contribution is 7.88. The fourth-order valence-electron chi connectivity index (χ4n) is 4.62. The van der Waals surface area contributed by atoms with Crippen LogP contribution in [-0.2, 0) is 19.6 Å². The lowest BCUT2D eigenvalue weighted by Gasteiger charge is -2.34. The van der Waals surface area contributed by atoms with Gasteiger partial charge >= 0.3 is 0 Å². The van der Waals surface area contributed by atoms with Crippen LogP contribution < -0.4 is 5.32 Å². The molecule has 0 spiro atoms. The zero-order valence-corrected chi connectivity index (χ0v) is 18.2. The van der Waals surface area contributed by atoms with E-state index in [1.165, 1.54) is 10.6 Å². The number of nitrogens with zero attached hydrogens (tertiary/aromatic N) is 2. The normalized spacial score (nSPS) is 25.5. The molecule has 0 aliphatic carbocycles. The molecule has 2 aliphatic rings. The molecule has 1 N–H and O–H groups in total. The van der Waals surface area contributed by atoms with Gasteiger partial charge in [0.2, 0.25) is 21.8 Å². The van der Waals surface area contributed by atoms with Crippen molar-refractivity contribution in [2.45, 2.75) is 45.6 Å². The van der Waals surface area contributed by atoms with Crippen molar-refractivity contribution in [3.63, 3.8) is 0 Å². The Balaban J connectivity index is 1.88. The number of carbonyl (C=O) groups is 2. The van der Waals surface area contributed by atoms with Crippen molar-refractivity contribution in [2.75, 3.05) is 31.2 Å². The molecule has 1 aromatic carbocycles. The van der Waals surface area contributed by atoms with Gasteiger partial charge in [-0.2, -0.15) is 4.31 Å². The maximum absolute atomic E-state index is 13.4. The minimum absolute atomic E-state index is 0.0736. The molecule has 2 saturated heterocycles. The van der Waals surface area contributed by atoms with E-state index in [9.17, 15) is 18.0 Å². The van der Waals surface area contributed by atoms with Gasteiger partial charge in [-0.25, -0.2) is 8.42 Å². The number of sulfonamides is 1. The lowest BCUT2D eigenvalue weighted by molar-refractivity contribution is -0.132. The van der Waals surface area contributed by atoms with E-state index in [0.717, 1.165) is 0 Å². The molecule has 2 aliphatic heterocycles. The quantitative estimate of drug-likeness (QED) is 0.790. The largest absolute Gasteiger partial charge is 0.343 e. The summed E-state index contributed by atoms with van der Waals surface area (Å²) in [5, 5.41) is 2.99. The van der Waals surface area contributed by atoms with Crippen molar-refractivity contribution >= 4 is 27.5 Å². The van der Waals surface area contributed by atoms with E-state index in [1.54, 1.807) is 4.90 Å². The van der Waals surface area contributed by atoms with Gasteiger partial charge in [0.1, 0.15) is 0 Å². The molecule has 3 rings (SSSR count). The molecular weight excluding hydrogens is 390 g/mol. The number of anilines is 1. The Kier molecular flexibility index (Phi) is 6.33. The summed E-state index contributed by atoms with van der Waals surface area (Å²) in [5.74, 6) is 0.176. The first-order chi connectivity index (χ1) is 13.6. The third kappa shape index (κ3) is 4.64. The first-order valence-electron chi connectivity index (χ1n) is 10.2. The van der Waals surface area contributed by atoms with Gasteiger partial charge in [0.25, 0.3) is 0 Å². The van der Waals surface area contributed by atoms with Crippen LogP contribution in [0.1, 0.15) is 39.5 Å². The molecule has 2 atom stereocenters. The predicted octanol–water partition coefficient (Wildman–Crippen LogP) is 2.31. The van der Waals surface area contributed by atoms with Crippen LogP contribution >= 0.6 is 0 Å². The Morgan fingerprint density at radius 3 is 2.41 bits per heavy atom. The molecule has 2 amide bonds. The Morgan fingerprint density at radius 2 is 1.79 bits per heavy atom. The molecule has 2 fully saturated rings. The fraction of sp³-hybridized carbons (Fsp3) is 0.619. The van der Waals surface area contributed by atoms with Gasteiger partial charge in [-0.1, -0.05) is 32.0 Å². The molecule has 7 nitrogen and oxygen atoms in total. The number of amides is 2. The van der Waals surface area contributed by atoms with Gasteiger partial charge in [-0.05, 0) is 37.3 Å². The lowest BCUT2D eigenvalue weighted by Crippen LogP contribution is -2.48. The standard InChI is InChI=1S/C21H31N3O4S/c1-16(2)15-19(25)23-12-9-18-21(10-13-23,11-14-24(18)29(3,27)28)20(26)22-17-7-5-4-6-8-17/h4-8,16,18H,9-15H2,1-3H3,(H,22,26)/t18-,21+/m0/s1. The van der Waals surface area contributed by atoms with E-state index >= 15 is 0 Å². The number of rotatable bonds is 5. The number of likely N-dealkylation sites (tertiary alicyclic amines) is 1. The van der Waals surface area contributed by atoms with Crippen molar-refractivity contribution in [1.29, 1.82) is 0 Å². The van der Waals surface area contributed by atoms with Crippen LogP contribution in [0.4, 0.5) is 5.69 Å². The number of hydrogen-bond donors (Lipinski definition) is 1. The molecule has 0 bridgehead atoms. The maximum Gasteiger partial charge on any atom is 0.232 e. The molecule has 0 radical (unpaired) electrons. The van der Waals surface area contributed by atoms with E-state index in [4.69, 9.17) is 0 Å². The average Bonchev–Trinajstić information content (AvgIpc) is 2.92. The van der Waals surface area contributed by atoms with E-state index in [-0.39, 0.29) is 17.7 Å². The molecule has 0 unspecified atom stereocenters. The summed E-state index contributed by atoms with van der Waals surface area (Å²) < 4.78 is 26.3. The van der Waals surface area contributed by atoms with Gasteiger partial charge in [0, 0.05) is 37.8 Å². The third-order valence-electron chi connectivity index (χ3n) is 6.11. The molecule has 29 heavy (non-hydrogen) atoms. The Morgan fingerprint density at radius 1 is 1.14 bits per heavy atom. The van der Waals surface area contributed by atoms with Crippen LogP contribution in [-0.4, -0.2) is 61.4 Å². The van der Waals surface area contributed by atoms with Crippen LogP contribution in [0, 0.1) is 11.3 Å². The summed E-state index contributed by atoms with van der Waals surface area (Å²) in [6.45, 7) is 5.30. The van der Waals surface area contributed by atoms with Crippen LogP contribution in [0.25, 0.3) is 0 Å². The van der Waals surface area contributed by atoms with Crippen molar-refractivity contribution in [3.8, 4) is 0 Å². The van der Waals surface area contributed by atoms with E-state index in [2.05, 4.69) is 5.32 Å². The maximum atomic E-state index is 13.4. The molecule has 8 heteroatoms. The monoisotopic (exact) mass is 421 g/mol. The number of para-hydroxylation sites is 1. The van der Waals surface area contributed by atoms with Gasteiger partial charge in [0.15, 0.2) is 0 Å². The summed E-state index contributed by atoms with van der Waals surface area (Å²) >= 11 is 0. The number of benzene rings is 1. The van der Waals surface area contributed by atoms with E-state index in [1.807, 2.05) is 44.2 Å². The second kappa shape index (κ2) is 8.44. The molecule has 0 aromatic heterocycles. The Hall–Kier alpha value is -1.93. The minimum atomic E-state index is -3.44. The van der Waals surface area contributed by atoms with Gasteiger partial charge in [-0.15, -0.1) is 0 Å². The molecular formula is C21H31N3O4S. The summed E-state index contributed by atoms with van der Waals surface area (Å²) in [7, 11) is -3.44. The highest BCUT2D eigenvalue weighted by atomic mass is 32.2. The summed E-state index contributed by atoms with van der Waals surface area (Å²) in [4.78, 5) is 27.8. The highest BCUT2D eigenvalue weighted by Gasteiger charge is 2.55. The van der Waals surface area contributed by atoms with Crippen LogP contribution in [0.3, 0.4) is 0 Å². The molecule has 160 valence electrons. The highest BCUT2D eigenvalue weighted by Crippen LogP contribution is 2.45. The van der Waals surface area contributed by atoms with Crippen molar-refractivity contribution in [2.24, 2.45) is 11.3 Å². The van der Waals surface area contributed by atoms with Crippen LogP contribution in [0.5, 0.6) is 0 Å². The summed E-state index contributed by atoms with van der Waals surface area (Å²) in [6.07, 6.45) is 3.06. The smallest absolute Gasteiger partial charge is 0.232 e. The topological polar surface area (TPSA) is 86.8 Å². The number of fused-ring (bicyclic) bond motifs is 1. The minimum Gasteiger partial charge on any atom is -0.343 e. The second-order valence-corrected chi connectivity index (χ2v) is 10.6. The van der Waals surface area contributed by atoms with Gasteiger partial charge in [0.05, 0.1) is 11.7 Å². The average molecular weight is 422 g/mol.